The molecule has 0 unspecified atom stereocenters. The van der Waals surface area contributed by atoms with Crippen molar-refractivity contribution in [1.82, 2.24) is 5.32 Å². The van der Waals surface area contributed by atoms with Gasteiger partial charge in [-0.1, -0.05) is 59.5 Å². The molecule has 0 aliphatic heterocycles. The third-order valence-electron chi connectivity index (χ3n) is 3.91. The molecule has 0 saturated heterocycles. The van der Waals surface area contributed by atoms with E-state index in [1.54, 1.807) is 0 Å². The largest absolute Gasteiger partial charge is 0.312 e. The van der Waals surface area contributed by atoms with Gasteiger partial charge in [0.2, 0.25) is 0 Å². The van der Waals surface area contributed by atoms with Gasteiger partial charge in [-0.25, -0.2) is 0 Å². The topological polar surface area (TPSA) is 12.0 Å². The Kier molecular flexibility index (Phi) is 17.5. The Balaban J connectivity index is 4.48. The minimum absolute atomic E-state index is 0.737. The van der Waals surface area contributed by atoms with Crippen molar-refractivity contribution in [3.8, 4) is 0 Å². The van der Waals surface area contributed by atoms with Crippen LogP contribution >= 0.6 is 23.5 Å². The molecule has 0 saturated carbocycles. The molecule has 0 bridgehead atoms. The van der Waals surface area contributed by atoms with E-state index in [1.807, 2.05) is 6.08 Å². The number of nitrogens with one attached hydrogen (secondary N) is 1. The highest BCUT2D eigenvalue weighted by Crippen LogP contribution is 2.31. The van der Waals surface area contributed by atoms with Gasteiger partial charge in [0.1, 0.15) is 0 Å². The van der Waals surface area contributed by atoms with Gasteiger partial charge in [0.25, 0.3) is 0 Å². The Bertz CT molecular complexity index is 256. The van der Waals surface area contributed by atoms with E-state index < -0.39 is 0 Å². The summed E-state index contributed by atoms with van der Waals surface area (Å²) in [4.78, 5) is 0. The maximum Gasteiger partial charge on any atom is 0.0291 e. The highest BCUT2D eigenvalue weighted by atomic mass is 32.2. The number of thioether (sulfide) groups is 2. The number of rotatable bonds is 17. The van der Waals surface area contributed by atoms with Gasteiger partial charge in [0.05, 0.1) is 0 Å². The van der Waals surface area contributed by atoms with Crippen LogP contribution in [-0.2, 0) is 0 Å². The monoisotopic (exact) mass is 359 g/mol. The Hall–Kier alpha value is 0.400. The van der Waals surface area contributed by atoms with E-state index in [2.05, 4.69) is 63.1 Å². The molecule has 1 N–H and O–H groups in total. The number of unbranched alkanes of at least 4 members (excludes halogenated alkanes) is 4. The summed E-state index contributed by atoms with van der Waals surface area (Å²) in [6, 6.07) is 0. The minimum Gasteiger partial charge on any atom is -0.312 e. The normalized spacial score (nSPS) is 14.1. The van der Waals surface area contributed by atoms with Crippen molar-refractivity contribution in [1.29, 1.82) is 0 Å². The van der Waals surface area contributed by atoms with Crippen molar-refractivity contribution in [2.75, 3.05) is 24.6 Å². The molecule has 0 rings (SSSR count). The molecule has 0 aromatic carbocycles. The van der Waals surface area contributed by atoms with E-state index in [4.69, 9.17) is 0 Å². The quantitative estimate of drug-likeness (QED) is 0.239. The Morgan fingerprint density at radius 3 is 1.96 bits per heavy atom. The molecule has 0 aromatic heterocycles. The van der Waals surface area contributed by atoms with E-state index in [9.17, 15) is 0 Å². The third-order valence-corrected chi connectivity index (χ3v) is 7.01. The van der Waals surface area contributed by atoms with Crippen LogP contribution < -0.4 is 5.32 Å². The van der Waals surface area contributed by atoms with Gasteiger partial charge in [-0.3, -0.25) is 0 Å². The van der Waals surface area contributed by atoms with Crippen LogP contribution in [0.25, 0.3) is 0 Å². The summed E-state index contributed by atoms with van der Waals surface area (Å²) in [7, 11) is 0. The van der Waals surface area contributed by atoms with E-state index in [-0.39, 0.29) is 0 Å². The molecule has 0 radical (unpaired) electrons. The molecule has 0 fully saturated rings. The van der Waals surface area contributed by atoms with Crippen LogP contribution in [0.3, 0.4) is 0 Å². The summed E-state index contributed by atoms with van der Waals surface area (Å²) in [6.07, 6.45) is 11.5. The fourth-order valence-corrected chi connectivity index (χ4v) is 5.80. The Morgan fingerprint density at radius 1 is 0.913 bits per heavy atom. The molecule has 0 aromatic rings. The average Bonchev–Trinajstić information content (AvgIpc) is 2.52. The van der Waals surface area contributed by atoms with Crippen molar-refractivity contribution in [3.63, 3.8) is 0 Å². The SMILES string of the molecule is C=CCNC[C@H](SCCCCC)[C@H](CC(C)C)SCCCCC. The molecule has 2 atom stereocenters. The van der Waals surface area contributed by atoms with Gasteiger partial charge in [-0.2, -0.15) is 23.5 Å². The van der Waals surface area contributed by atoms with Crippen molar-refractivity contribution in [3.05, 3.63) is 12.7 Å². The lowest BCUT2D eigenvalue weighted by Gasteiger charge is -2.28. The predicted molar refractivity (Wildman–Crippen MR) is 114 cm³/mol. The molecule has 1 nitrogen and oxygen atoms in total. The molecule has 0 amide bonds. The molecule has 0 aliphatic carbocycles. The van der Waals surface area contributed by atoms with Gasteiger partial charge in [-0.05, 0) is 36.7 Å². The molecular formula is C20H41NS2. The average molecular weight is 360 g/mol. The standard InChI is InChI=1S/C20H41NS2/c1-6-9-11-14-22-19(16-18(4)5)20(17-21-13-8-3)23-15-12-10-7-2/h8,18-21H,3,6-7,9-17H2,1-2,4-5H3/t19-,20-/m0/s1. The van der Waals surface area contributed by atoms with Crippen molar-refractivity contribution < 1.29 is 0 Å². The first-order valence-corrected chi connectivity index (χ1v) is 11.8. The summed E-state index contributed by atoms with van der Waals surface area (Å²) in [5.74, 6) is 3.44. The van der Waals surface area contributed by atoms with Crippen molar-refractivity contribution in [2.45, 2.75) is 83.1 Å². The molecule has 0 spiro atoms. The van der Waals surface area contributed by atoms with Crippen LogP contribution in [0.4, 0.5) is 0 Å². The lowest BCUT2D eigenvalue weighted by atomic mass is 10.1. The Morgan fingerprint density at radius 2 is 1.48 bits per heavy atom. The van der Waals surface area contributed by atoms with E-state index in [0.717, 1.165) is 29.5 Å². The summed E-state index contributed by atoms with van der Waals surface area (Å²) in [5, 5.41) is 5.10. The zero-order valence-corrected chi connectivity index (χ0v) is 17.7. The fourth-order valence-electron chi connectivity index (χ4n) is 2.59. The van der Waals surface area contributed by atoms with Gasteiger partial charge < -0.3 is 5.32 Å². The third kappa shape index (κ3) is 14.4. The molecule has 0 aliphatic rings. The molecule has 0 heterocycles. The minimum atomic E-state index is 0.737. The van der Waals surface area contributed by atoms with Crippen LogP contribution in [0.2, 0.25) is 0 Å². The second-order valence-corrected chi connectivity index (χ2v) is 9.50. The highest BCUT2D eigenvalue weighted by molar-refractivity contribution is 8.03. The lowest BCUT2D eigenvalue weighted by Crippen LogP contribution is -2.34. The first kappa shape index (κ1) is 23.4. The molecular weight excluding hydrogens is 318 g/mol. The maximum atomic E-state index is 3.83. The molecule has 23 heavy (non-hydrogen) atoms. The van der Waals surface area contributed by atoms with E-state index in [1.165, 1.54) is 56.5 Å². The van der Waals surface area contributed by atoms with Gasteiger partial charge in [-0.15, -0.1) is 6.58 Å². The van der Waals surface area contributed by atoms with Crippen LogP contribution in [0.1, 0.15) is 72.6 Å². The van der Waals surface area contributed by atoms with Crippen LogP contribution in [-0.4, -0.2) is 35.1 Å². The summed E-state index contributed by atoms with van der Waals surface area (Å²) in [5.41, 5.74) is 0. The lowest BCUT2D eigenvalue weighted by molar-refractivity contribution is 0.544. The van der Waals surface area contributed by atoms with Crippen LogP contribution in [0.5, 0.6) is 0 Å². The van der Waals surface area contributed by atoms with Gasteiger partial charge >= 0.3 is 0 Å². The fraction of sp³-hybridized carbons (Fsp3) is 0.900. The predicted octanol–water partition coefficient (Wildman–Crippen LogP) is 6.39. The number of hydrogen-bond acceptors (Lipinski definition) is 3. The Labute approximate surface area is 155 Å². The van der Waals surface area contributed by atoms with Gasteiger partial charge in [0, 0.05) is 23.6 Å². The summed E-state index contributed by atoms with van der Waals surface area (Å²) >= 11 is 4.44. The van der Waals surface area contributed by atoms with Crippen LogP contribution in [0, 0.1) is 5.92 Å². The smallest absolute Gasteiger partial charge is 0.0291 e. The zero-order valence-electron chi connectivity index (χ0n) is 16.1. The molecule has 138 valence electrons. The first-order valence-electron chi connectivity index (χ1n) is 9.70. The zero-order chi connectivity index (χ0) is 17.3. The second-order valence-electron chi connectivity index (χ2n) is 6.81. The van der Waals surface area contributed by atoms with Crippen LogP contribution in [0.15, 0.2) is 12.7 Å². The summed E-state index contributed by atoms with van der Waals surface area (Å²) in [6.45, 7) is 15.2. The van der Waals surface area contributed by atoms with Crippen molar-refractivity contribution >= 4 is 23.5 Å². The first-order chi connectivity index (χ1) is 11.2. The van der Waals surface area contributed by atoms with E-state index in [0.29, 0.717) is 0 Å². The number of hydrogen-bond donors (Lipinski definition) is 1. The maximum absolute atomic E-state index is 3.83. The highest BCUT2D eigenvalue weighted by Gasteiger charge is 2.23. The second kappa shape index (κ2) is 17.2. The summed E-state index contributed by atoms with van der Waals surface area (Å²) < 4.78 is 0. The van der Waals surface area contributed by atoms with Gasteiger partial charge in [0.15, 0.2) is 0 Å². The van der Waals surface area contributed by atoms with Crippen molar-refractivity contribution in [2.24, 2.45) is 5.92 Å². The molecule has 3 heteroatoms. The van der Waals surface area contributed by atoms with E-state index >= 15 is 0 Å².